The summed E-state index contributed by atoms with van der Waals surface area (Å²) in [4.78, 5) is 7.10. The second-order valence-corrected chi connectivity index (χ2v) is 6.95. The third-order valence-electron chi connectivity index (χ3n) is 4.75. The number of hydrogen-bond donors (Lipinski definition) is 2. The van der Waals surface area contributed by atoms with E-state index in [4.69, 9.17) is 14.5 Å². The van der Waals surface area contributed by atoms with Gasteiger partial charge in [-0.2, -0.15) is 0 Å². The lowest BCUT2D eigenvalue weighted by atomic mass is 10.1. The van der Waals surface area contributed by atoms with E-state index in [1.165, 1.54) is 18.4 Å². The maximum atomic E-state index is 5.44. The van der Waals surface area contributed by atoms with E-state index < -0.39 is 0 Å². The van der Waals surface area contributed by atoms with Crippen LogP contribution < -0.4 is 20.1 Å². The molecule has 2 aliphatic rings. The largest absolute Gasteiger partial charge is 0.454 e. The fourth-order valence-corrected chi connectivity index (χ4v) is 3.16. The van der Waals surface area contributed by atoms with Gasteiger partial charge in [-0.25, -0.2) is 0 Å². The van der Waals surface area contributed by atoms with E-state index in [1.54, 1.807) is 0 Å². The van der Waals surface area contributed by atoms with Gasteiger partial charge in [0.05, 0.1) is 6.54 Å². The number of rotatable bonds is 8. The van der Waals surface area contributed by atoms with Crippen molar-refractivity contribution >= 4 is 29.9 Å². The third-order valence-corrected chi connectivity index (χ3v) is 4.75. The smallest absolute Gasteiger partial charge is 0.231 e. The van der Waals surface area contributed by atoms with E-state index in [2.05, 4.69) is 48.7 Å². The van der Waals surface area contributed by atoms with Crippen LogP contribution in [0.4, 0.5) is 0 Å². The van der Waals surface area contributed by atoms with Gasteiger partial charge in [-0.3, -0.25) is 4.99 Å². The normalized spacial score (nSPS) is 17.0. The molecule has 1 aliphatic carbocycles. The molecule has 1 saturated carbocycles. The summed E-state index contributed by atoms with van der Waals surface area (Å²) in [5.74, 6) is 3.39. The maximum Gasteiger partial charge on any atom is 0.231 e. The molecule has 7 heteroatoms. The van der Waals surface area contributed by atoms with Crippen LogP contribution in [0.1, 0.15) is 25.3 Å². The molecule has 1 unspecified atom stereocenters. The van der Waals surface area contributed by atoms with Crippen LogP contribution in [0.3, 0.4) is 0 Å². The highest BCUT2D eigenvalue weighted by Crippen LogP contribution is 2.34. The molecule has 1 aromatic rings. The molecule has 1 fully saturated rings. The second-order valence-electron chi connectivity index (χ2n) is 6.95. The lowest BCUT2D eigenvalue weighted by Crippen LogP contribution is -2.40. The van der Waals surface area contributed by atoms with Crippen molar-refractivity contribution in [2.45, 2.75) is 32.2 Å². The Kier molecular flexibility index (Phi) is 8.27. The number of fused-ring (bicyclic) bond motifs is 1. The molecule has 2 N–H and O–H groups in total. The molecule has 0 spiro atoms. The van der Waals surface area contributed by atoms with Crippen molar-refractivity contribution in [1.29, 1.82) is 0 Å². The number of nitrogens with one attached hydrogen (secondary N) is 2. The molecular weight excluding hydrogens is 443 g/mol. The second kappa shape index (κ2) is 10.2. The molecule has 0 saturated heterocycles. The topological polar surface area (TPSA) is 58.1 Å². The van der Waals surface area contributed by atoms with Crippen LogP contribution in [0.25, 0.3) is 0 Å². The number of ether oxygens (including phenoxy) is 2. The highest BCUT2D eigenvalue weighted by Gasteiger charge is 2.32. The van der Waals surface area contributed by atoms with Crippen molar-refractivity contribution in [1.82, 2.24) is 15.5 Å². The first kappa shape index (κ1) is 21.1. The van der Waals surface area contributed by atoms with Gasteiger partial charge in [0.25, 0.3) is 0 Å². The summed E-state index contributed by atoms with van der Waals surface area (Å²) < 4.78 is 10.8. The first-order valence-electron chi connectivity index (χ1n) is 9.24. The average molecular weight is 474 g/mol. The van der Waals surface area contributed by atoms with Gasteiger partial charge >= 0.3 is 0 Å². The Bertz CT molecular complexity index is 603. The number of hydrogen-bond acceptors (Lipinski definition) is 4. The summed E-state index contributed by atoms with van der Waals surface area (Å²) in [7, 11) is 4.30. The SMILES string of the molecule is CCNC(=NCC(C1CC1)N(C)C)NCCc1ccc2c(c1)OCO2.I. The first-order chi connectivity index (χ1) is 12.2. The van der Waals surface area contributed by atoms with Gasteiger partial charge in [0, 0.05) is 19.1 Å². The molecule has 26 heavy (non-hydrogen) atoms. The minimum absolute atomic E-state index is 0. The molecule has 146 valence electrons. The minimum atomic E-state index is 0. The summed E-state index contributed by atoms with van der Waals surface area (Å²) >= 11 is 0. The van der Waals surface area contributed by atoms with E-state index in [-0.39, 0.29) is 24.0 Å². The Labute approximate surface area is 173 Å². The molecule has 0 amide bonds. The Morgan fingerprint density at radius 1 is 1.23 bits per heavy atom. The van der Waals surface area contributed by atoms with Crippen molar-refractivity contribution in [2.75, 3.05) is 40.5 Å². The zero-order chi connectivity index (χ0) is 17.6. The predicted octanol–water partition coefficient (Wildman–Crippen LogP) is 2.47. The van der Waals surface area contributed by atoms with Gasteiger partial charge in [-0.1, -0.05) is 6.07 Å². The van der Waals surface area contributed by atoms with Gasteiger partial charge in [0.1, 0.15) is 0 Å². The Morgan fingerprint density at radius 2 is 2.00 bits per heavy atom. The predicted molar refractivity (Wildman–Crippen MR) is 116 cm³/mol. The van der Waals surface area contributed by atoms with E-state index in [0.717, 1.165) is 49.4 Å². The van der Waals surface area contributed by atoms with Gasteiger partial charge in [-0.05, 0) is 63.9 Å². The van der Waals surface area contributed by atoms with Gasteiger partial charge in [0.15, 0.2) is 17.5 Å². The quantitative estimate of drug-likeness (QED) is 0.345. The molecule has 0 aromatic heterocycles. The molecule has 1 atom stereocenters. The molecule has 1 aliphatic heterocycles. The third kappa shape index (κ3) is 5.90. The zero-order valence-electron chi connectivity index (χ0n) is 16.0. The summed E-state index contributed by atoms with van der Waals surface area (Å²) in [5.41, 5.74) is 1.23. The fraction of sp³-hybridized carbons (Fsp3) is 0.632. The van der Waals surface area contributed by atoms with E-state index >= 15 is 0 Å². The zero-order valence-corrected chi connectivity index (χ0v) is 18.3. The van der Waals surface area contributed by atoms with Crippen molar-refractivity contribution in [3.63, 3.8) is 0 Å². The number of halogens is 1. The molecule has 3 rings (SSSR count). The highest BCUT2D eigenvalue weighted by atomic mass is 127. The molecule has 6 nitrogen and oxygen atoms in total. The number of guanidine groups is 1. The summed E-state index contributed by atoms with van der Waals surface area (Å²) in [6.45, 7) is 4.96. The number of nitrogens with zero attached hydrogens (tertiary/aromatic N) is 2. The van der Waals surface area contributed by atoms with Gasteiger partial charge in [0.2, 0.25) is 6.79 Å². The van der Waals surface area contributed by atoms with E-state index in [1.807, 2.05) is 6.07 Å². The molecule has 1 aromatic carbocycles. The molecule has 0 bridgehead atoms. The van der Waals surface area contributed by atoms with Crippen molar-refractivity contribution in [2.24, 2.45) is 10.9 Å². The van der Waals surface area contributed by atoms with Gasteiger partial charge in [-0.15, -0.1) is 24.0 Å². The molecular formula is C19H31IN4O2. The standard InChI is InChI=1S/C19H30N4O2.HI/c1-4-20-19(22-12-16(23(2)3)15-6-7-15)21-10-9-14-5-8-17-18(11-14)25-13-24-17;/h5,8,11,15-16H,4,6-7,9-10,12-13H2,1-3H3,(H2,20,21,22);1H. The minimum Gasteiger partial charge on any atom is -0.454 e. The lowest BCUT2D eigenvalue weighted by Gasteiger charge is -2.23. The van der Waals surface area contributed by atoms with E-state index in [0.29, 0.717) is 12.8 Å². The van der Waals surface area contributed by atoms with E-state index in [9.17, 15) is 0 Å². The van der Waals surface area contributed by atoms with Crippen molar-refractivity contribution < 1.29 is 9.47 Å². The van der Waals surface area contributed by atoms with Gasteiger partial charge < -0.3 is 25.0 Å². The van der Waals surface area contributed by atoms with Crippen LogP contribution in [-0.2, 0) is 6.42 Å². The number of likely N-dealkylation sites (N-methyl/N-ethyl adjacent to an activating group) is 1. The molecule has 0 radical (unpaired) electrons. The fourth-order valence-electron chi connectivity index (χ4n) is 3.16. The Hall–Kier alpha value is -1.22. The van der Waals surface area contributed by atoms with Crippen molar-refractivity contribution in [3.05, 3.63) is 23.8 Å². The average Bonchev–Trinajstić information content (AvgIpc) is 3.31. The Balaban J connectivity index is 0.00000243. The highest BCUT2D eigenvalue weighted by molar-refractivity contribution is 14.0. The Morgan fingerprint density at radius 3 is 2.69 bits per heavy atom. The van der Waals surface area contributed by atoms with Crippen molar-refractivity contribution in [3.8, 4) is 11.5 Å². The van der Waals surface area contributed by atoms with Crippen LogP contribution in [-0.4, -0.2) is 57.4 Å². The van der Waals surface area contributed by atoms with Crippen LogP contribution >= 0.6 is 24.0 Å². The lowest BCUT2D eigenvalue weighted by molar-refractivity contribution is 0.174. The monoisotopic (exact) mass is 474 g/mol. The summed E-state index contributed by atoms with van der Waals surface area (Å²) in [6.07, 6.45) is 3.60. The van der Waals surface area contributed by atoms with Crippen LogP contribution in [0, 0.1) is 5.92 Å². The van der Waals surface area contributed by atoms with Crippen LogP contribution in [0.15, 0.2) is 23.2 Å². The number of benzene rings is 1. The van der Waals surface area contributed by atoms with Crippen LogP contribution in [0.5, 0.6) is 11.5 Å². The van der Waals surface area contributed by atoms with Crippen LogP contribution in [0.2, 0.25) is 0 Å². The first-order valence-corrected chi connectivity index (χ1v) is 9.24. The maximum absolute atomic E-state index is 5.44. The summed E-state index contributed by atoms with van der Waals surface area (Å²) in [5, 5.41) is 6.78. The molecule has 1 heterocycles. The summed E-state index contributed by atoms with van der Waals surface area (Å²) in [6, 6.07) is 6.68. The number of aliphatic imine (C=N–C) groups is 1.